The van der Waals surface area contributed by atoms with Gasteiger partial charge in [0.15, 0.2) is 0 Å². The molecule has 0 aliphatic heterocycles. The molecule has 7 heteroatoms. The Morgan fingerprint density at radius 1 is 1.12 bits per heavy atom. The van der Waals surface area contributed by atoms with E-state index in [1.807, 2.05) is 6.07 Å². The lowest BCUT2D eigenvalue weighted by Crippen LogP contribution is -2.49. The highest BCUT2D eigenvalue weighted by Crippen LogP contribution is 2.11. The molecule has 1 aromatic carbocycles. The van der Waals surface area contributed by atoms with Gasteiger partial charge in [-0.25, -0.2) is 8.42 Å². The third kappa shape index (κ3) is 4.87. The lowest BCUT2D eigenvalue weighted by atomic mass is 10.0. The maximum absolute atomic E-state index is 12.4. The number of benzene rings is 1. The van der Waals surface area contributed by atoms with Gasteiger partial charge in [-0.15, -0.1) is 0 Å². The average Bonchev–Trinajstić information content (AvgIpc) is 2.59. The Labute approximate surface area is 142 Å². The van der Waals surface area contributed by atoms with Crippen LogP contribution in [0.15, 0.2) is 59.8 Å². The minimum atomic E-state index is -3.76. The normalized spacial score (nSPS) is 12.8. The van der Waals surface area contributed by atoms with Crippen molar-refractivity contribution in [2.24, 2.45) is 5.92 Å². The van der Waals surface area contributed by atoms with Crippen molar-refractivity contribution in [1.29, 1.82) is 0 Å². The van der Waals surface area contributed by atoms with Crippen LogP contribution in [0.3, 0.4) is 0 Å². The van der Waals surface area contributed by atoms with E-state index in [1.165, 1.54) is 12.1 Å². The zero-order chi connectivity index (χ0) is 17.6. The Bertz CT molecular complexity index is 762. The van der Waals surface area contributed by atoms with Gasteiger partial charge in [0.1, 0.15) is 6.04 Å². The molecule has 1 atom stereocenters. The van der Waals surface area contributed by atoms with Gasteiger partial charge < -0.3 is 5.32 Å². The first-order chi connectivity index (χ1) is 11.4. The molecule has 2 N–H and O–H groups in total. The number of pyridine rings is 1. The highest BCUT2D eigenvalue weighted by molar-refractivity contribution is 7.89. The molecule has 0 unspecified atom stereocenters. The van der Waals surface area contributed by atoms with Crippen LogP contribution in [-0.4, -0.2) is 25.4 Å². The zero-order valence-corrected chi connectivity index (χ0v) is 14.5. The third-order valence-electron chi connectivity index (χ3n) is 3.47. The van der Waals surface area contributed by atoms with E-state index < -0.39 is 16.1 Å². The van der Waals surface area contributed by atoms with Crippen LogP contribution in [-0.2, 0) is 21.4 Å². The Balaban J connectivity index is 2.07. The SMILES string of the molecule is CC(C)[C@@H](NS(=O)(=O)c1ccccc1)C(=O)NCc1cccnc1. The van der Waals surface area contributed by atoms with E-state index in [-0.39, 0.29) is 16.7 Å². The molecule has 6 nitrogen and oxygen atoms in total. The average molecular weight is 347 g/mol. The van der Waals surface area contributed by atoms with E-state index in [0.717, 1.165) is 5.56 Å². The number of carbonyl (C=O) groups excluding carboxylic acids is 1. The number of nitrogens with one attached hydrogen (secondary N) is 2. The summed E-state index contributed by atoms with van der Waals surface area (Å²) in [7, 11) is -3.76. The van der Waals surface area contributed by atoms with Crippen molar-refractivity contribution in [3.63, 3.8) is 0 Å². The van der Waals surface area contributed by atoms with Crippen LogP contribution in [0.5, 0.6) is 0 Å². The molecule has 24 heavy (non-hydrogen) atoms. The Hall–Kier alpha value is -2.25. The molecule has 2 rings (SSSR count). The lowest BCUT2D eigenvalue weighted by molar-refractivity contribution is -0.123. The van der Waals surface area contributed by atoms with E-state index in [9.17, 15) is 13.2 Å². The standard InChI is InChI=1S/C17H21N3O3S/c1-13(2)16(17(21)19-12-14-7-6-10-18-11-14)20-24(22,23)15-8-4-3-5-9-15/h3-11,13,16,20H,12H2,1-2H3,(H,19,21)/t16-/m1/s1. The lowest BCUT2D eigenvalue weighted by Gasteiger charge is -2.21. The molecule has 0 saturated carbocycles. The van der Waals surface area contributed by atoms with Gasteiger partial charge in [-0.05, 0) is 29.7 Å². The zero-order valence-electron chi connectivity index (χ0n) is 13.6. The van der Waals surface area contributed by atoms with Crippen LogP contribution in [0.25, 0.3) is 0 Å². The van der Waals surface area contributed by atoms with E-state index in [2.05, 4.69) is 15.0 Å². The molecule has 0 bridgehead atoms. The van der Waals surface area contributed by atoms with Crippen LogP contribution < -0.4 is 10.0 Å². The van der Waals surface area contributed by atoms with Gasteiger partial charge in [0.05, 0.1) is 4.90 Å². The summed E-state index contributed by atoms with van der Waals surface area (Å²) in [5, 5.41) is 2.75. The van der Waals surface area contributed by atoms with Crippen molar-refractivity contribution in [2.75, 3.05) is 0 Å². The Morgan fingerprint density at radius 3 is 2.42 bits per heavy atom. The van der Waals surface area contributed by atoms with Gasteiger partial charge in [-0.2, -0.15) is 4.72 Å². The summed E-state index contributed by atoms with van der Waals surface area (Å²) in [6.45, 7) is 3.88. The summed E-state index contributed by atoms with van der Waals surface area (Å²) >= 11 is 0. The summed E-state index contributed by atoms with van der Waals surface area (Å²) in [6, 6.07) is 10.8. The number of rotatable bonds is 7. The predicted molar refractivity (Wildman–Crippen MR) is 91.5 cm³/mol. The quantitative estimate of drug-likeness (QED) is 0.798. The number of aromatic nitrogens is 1. The molecule has 0 aliphatic rings. The van der Waals surface area contributed by atoms with Crippen molar-refractivity contribution in [1.82, 2.24) is 15.0 Å². The second-order valence-electron chi connectivity index (χ2n) is 5.74. The van der Waals surface area contributed by atoms with E-state index in [0.29, 0.717) is 6.54 Å². The smallest absolute Gasteiger partial charge is 0.241 e. The summed E-state index contributed by atoms with van der Waals surface area (Å²) in [5.41, 5.74) is 0.847. The highest BCUT2D eigenvalue weighted by atomic mass is 32.2. The van der Waals surface area contributed by atoms with Crippen molar-refractivity contribution >= 4 is 15.9 Å². The van der Waals surface area contributed by atoms with Crippen molar-refractivity contribution in [2.45, 2.75) is 31.3 Å². The van der Waals surface area contributed by atoms with Crippen LogP contribution in [0.2, 0.25) is 0 Å². The fourth-order valence-corrected chi connectivity index (χ4v) is 3.49. The minimum Gasteiger partial charge on any atom is -0.351 e. The molecular weight excluding hydrogens is 326 g/mol. The van der Waals surface area contributed by atoms with Gasteiger partial charge in [0.25, 0.3) is 0 Å². The van der Waals surface area contributed by atoms with Crippen LogP contribution in [0, 0.1) is 5.92 Å². The van der Waals surface area contributed by atoms with Crippen LogP contribution in [0.1, 0.15) is 19.4 Å². The maximum Gasteiger partial charge on any atom is 0.241 e. The first-order valence-corrected chi connectivity index (χ1v) is 9.12. The molecule has 1 amide bonds. The van der Waals surface area contributed by atoms with Crippen LogP contribution in [0.4, 0.5) is 0 Å². The third-order valence-corrected chi connectivity index (χ3v) is 4.93. The second-order valence-corrected chi connectivity index (χ2v) is 7.45. The van der Waals surface area contributed by atoms with Gasteiger partial charge in [-0.1, -0.05) is 38.1 Å². The molecule has 128 valence electrons. The number of carbonyl (C=O) groups is 1. The Morgan fingerprint density at radius 2 is 1.83 bits per heavy atom. The predicted octanol–water partition coefficient (Wildman–Crippen LogP) is 1.70. The maximum atomic E-state index is 12.4. The van der Waals surface area contributed by atoms with Gasteiger partial charge in [0, 0.05) is 18.9 Å². The largest absolute Gasteiger partial charge is 0.351 e. The minimum absolute atomic E-state index is 0.135. The molecule has 0 aliphatic carbocycles. The molecule has 1 aromatic heterocycles. The van der Waals surface area contributed by atoms with Crippen LogP contribution >= 0.6 is 0 Å². The van der Waals surface area contributed by atoms with Crippen molar-refractivity contribution in [3.05, 3.63) is 60.4 Å². The summed E-state index contributed by atoms with van der Waals surface area (Å²) in [4.78, 5) is 16.5. The first kappa shape index (κ1) is 18.1. The van der Waals surface area contributed by atoms with Gasteiger partial charge in [-0.3, -0.25) is 9.78 Å². The van der Waals surface area contributed by atoms with Crippen molar-refractivity contribution in [3.8, 4) is 0 Å². The molecule has 0 saturated heterocycles. The van der Waals surface area contributed by atoms with Crippen molar-refractivity contribution < 1.29 is 13.2 Å². The number of nitrogens with zero attached hydrogens (tertiary/aromatic N) is 1. The Kier molecular flexibility index (Phi) is 6.05. The first-order valence-electron chi connectivity index (χ1n) is 7.64. The molecule has 0 fully saturated rings. The number of hydrogen-bond acceptors (Lipinski definition) is 4. The molecule has 1 heterocycles. The van der Waals surface area contributed by atoms with Gasteiger partial charge >= 0.3 is 0 Å². The van der Waals surface area contributed by atoms with E-state index >= 15 is 0 Å². The number of amides is 1. The molecule has 0 spiro atoms. The van der Waals surface area contributed by atoms with E-state index in [4.69, 9.17) is 0 Å². The van der Waals surface area contributed by atoms with Gasteiger partial charge in [0.2, 0.25) is 15.9 Å². The monoisotopic (exact) mass is 347 g/mol. The summed E-state index contributed by atoms with van der Waals surface area (Å²) in [6.07, 6.45) is 3.30. The van der Waals surface area contributed by atoms with E-state index in [1.54, 1.807) is 50.5 Å². The molecule has 2 aromatic rings. The highest BCUT2D eigenvalue weighted by Gasteiger charge is 2.28. The number of hydrogen-bond donors (Lipinski definition) is 2. The summed E-state index contributed by atoms with van der Waals surface area (Å²) in [5.74, 6) is -0.564. The summed E-state index contributed by atoms with van der Waals surface area (Å²) < 4.78 is 27.3. The molecular formula is C17H21N3O3S. The topological polar surface area (TPSA) is 88.2 Å². The fourth-order valence-electron chi connectivity index (χ4n) is 2.13. The fraction of sp³-hybridized carbons (Fsp3) is 0.294. The molecule has 0 radical (unpaired) electrons. The second kappa shape index (κ2) is 8.03. The number of sulfonamides is 1.